The van der Waals surface area contributed by atoms with E-state index in [1.165, 1.54) is 0 Å². The van der Waals surface area contributed by atoms with E-state index >= 15 is 0 Å². The van der Waals surface area contributed by atoms with Gasteiger partial charge in [0.25, 0.3) is 0 Å². The molecule has 0 aliphatic carbocycles. The van der Waals surface area contributed by atoms with Crippen LogP contribution in [0.4, 0.5) is 0 Å². The first-order valence-corrected chi connectivity index (χ1v) is 10.9. The van der Waals surface area contributed by atoms with Gasteiger partial charge in [-0.3, -0.25) is 0 Å². The van der Waals surface area contributed by atoms with Gasteiger partial charge in [-0.15, -0.1) is 0 Å². The third-order valence-electron chi connectivity index (χ3n) is 4.38. The Morgan fingerprint density at radius 1 is 1.17 bits per heavy atom. The third-order valence-corrected chi connectivity index (χ3v) is 8.88. The van der Waals surface area contributed by atoms with Crippen LogP contribution in [0.2, 0.25) is 18.1 Å². The second-order valence-electron chi connectivity index (χ2n) is 7.24. The molecule has 0 saturated heterocycles. The number of benzene rings is 1. The number of rotatable bonds is 9. The minimum Gasteiger partial charge on any atom is -0.497 e. The Morgan fingerprint density at radius 2 is 1.78 bits per heavy atom. The first-order valence-electron chi connectivity index (χ1n) is 8.03. The minimum absolute atomic E-state index is 0.0954. The summed E-state index contributed by atoms with van der Waals surface area (Å²) in [4.78, 5) is 11.3. The smallest absolute Gasteiger partial charge is 0.193 e. The van der Waals surface area contributed by atoms with E-state index in [9.17, 15) is 4.79 Å². The summed E-state index contributed by atoms with van der Waals surface area (Å²) in [6.07, 6.45) is 1.11. The zero-order valence-electron chi connectivity index (χ0n) is 15.2. The fourth-order valence-electron chi connectivity index (χ4n) is 1.82. The topological polar surface area (TPSA) is 44.8 Å². The molecule has 0 fully saturated rings. The number of hydrogen-bond acceptors (Lipinski definition) is 4. The van der Waals surface area contributed by atoms with Gasteiger partial charge in [-0.2, -0.15) is 0 Å². The lowest BCUT2D eigenvalue weighted by Gasteiger charge is -2.38. The lowest BCUT2D eigenvalue weighted by Crippen LogP contribution is -2.44. The normalized spacial score (nSPS) is 13.7. The van der Waals surface area contributed by atoms with Crippen molar-refractivity contribution in [2.45, 2.75) is 58.0 Å². The van der Waals surface area contributed by atoms with Crippen LogP contribution < -0.4 is 4.74 Å². The maximum atomic E-state index is 11.3. The van der Waals surface area contributed by atoms with Crippen LogP contribution in [0, 0.1) is 0 Å². The van der Waals surface area contributed by atoms with Crippen LogP contribution in [0.1, 0.15) is 32.8 Å². The van der Waals surface area contributed by atoms with Crippen LogP contribution in [-0.4, -0.2) is 34.4 Å². The molecule has 0 N–H and O–H groups in total. The molecule has 1 aromatic rings. The Kier molecular flexibility index (Phi) is 7.44. The summed E-state index contributed by atoms with van der Waals surface area (Å²) < 4.78 is 16.9. The average molecular weight is 339 g/mol. The van der Waals surface area contributed by atoms with Crippen molar-refractivity contribution in [3.05, 3.63) is 29.8 Å². The molecule has 0 radical (unpaired) electrons. The van der Waals surface area contributed by atoms with Crippen LogP contribution >= 0.6 is 0 Å². The summed E-state index contributed by atoms with van der Waals surface area (Å²) in [6.45, 7) is 11.8. The van der Waals surface area contributed by atoms with Crippen molar-refractivity contribution in [3.8, 4) is 5.75 Å². The second kappa shape index (κ2) is 8.62. The fourth-order valence-corrected chi connectivity index (χ4v) is 3.11. The third kappa shape index (κ3) is 6.45. The highest BCUT2D eigenvalue weighted by Crippen LogP contribution is 2.37. The van der Waals surface area contributed by atoms with Gasteiger partial charge in [-0.05, 0) is 35.8 Å². The number of carbonyl (C=O) groups excluding carboxylic acids is 1. The average Bonchev–Trinajstić information content (AvgIpc) is 2.49. The fraction of sp³-hybridized carbons (Fsp3) is 0.611. The Morgan fingerprint density at radius 3 is 2.26 bits per heavy atom. The summed E-state index contributed by atoms with van der Waals surface area (Å²) in [5.74, 6) is 0.831. The van der Waals surface area contributed by atoms with Crippen LogP contribution in [0.25, 0.3) is 0 Å². The Bertz CT molecular complexity index is 477. The molecule has 1 atom stereocenters. The van der Waals surface area contributed by atoms with E-state index < -0.39 is 8.32 Å². The number of hydrogen-bond donors (Lipinski definition) is 0. The van der Waals surface area contributed by atoms with Crippen molar-refractivity contribution in [3.63, 3.8) is 0 Å². The van der Waals surface area contributed by atoms with Gasteiger partial charge in [0.2, 0.25) is 0 Å². The molecule has 0 unspecified atom stereocenters. The van der Waals surface area contributed by atoms with Crippen molar-refractivity contribution >= 4 is 14.6 Å². The largest absolute Gasteiger partial charge is 0.497 e. The number of methoxy groups -OCH3 is 1. The number of aldehydes is 1. The van der Waals surface area contributed by atoms with Crippen molar-refractivity contribution < 1.29 is 18.7 Å². The van der Waals surface area contributed by atoms with Crippen LogP contribution in [0.15, 0.2) is 24.3 Å². The predicted octanol–water partition coefficient (Wildman–Crippen LogP) is 4.19. The molecule has 0 aliphatic heterocycles. The molecule has 130 valence electrons. The molecule has 1 aromatic carbocycles. The Hall–Kier alpha value is -1.17. The SMILES string of the molecule is COc1ccc(COCC[C@@H](C=O)O[Si](C)(C)C(C)(C)C)cc1. The predicted molar refractivity (Wildman–Crippen MR) is 95.4 cm³/mol. The zero-order chi connectivity index (χ0) is 17.5. The van der Waals surface area contributed by atoms with Crippen LogP contribution in [0.3, 0.4) is 0 Å². The molecule has 23 heavy (non-hydrogen) atoms. The second-order valence-corrected chi connectivity index (χ2v) is 12.0. The molecular formula is C18H30O4Si. The highest BCUT2D eigenvalue weighted by molar-refractivity contribution is 6.74. The van der Waals surface area contributed by atoms with Gasteiger partial charge in [0.05, 0.1) is 13.7 Å². The van der Waals surface area contributed by atoms with Gasteiger partial charge >= 0.3 is 0 Å². The molecule has 0 aliphatic rings. The van der Waals surface area contributed by atoms with E-state index in [1.54, 1.807) is 7.11 Å². The standard InChI is InChI=1S/C18H30O4Si/c1-18(2,3)23(5,6)22-17(13-19)11-12-21-14-15-7-9-16(20-4)10-8-15/h7-10,13,17H,11-12,14H2,1-6H3/t17-/m0/s1. The van der Waals surface area contributed by atoms with Gasteiger partial charge in [0.1, 0.15) is 18.1 Å². The first kappa shape index (κ1) is 19.9. The molecule has 0 heterocycles. The zero-order valence-corrected chi connectivity index (χ0v) is 16.2. The summed E-state index contributed by atoms with van der Waals surface area (Å²) in [5, 5.41) is 0.0954. The summed E-state index contributed by atoms with van der Waals surface area (Å²) >= 11 is 0. The molecule has 0 bridgehead atoms. The molecular weight excluding hydrogens is 308 g/mol. The van der Waals surface area contributed by atoms with E-state index in [0.29, 0.717) is 19.6 Å². The van der Waals surface area contributed by atoms with Gasteiger partial charge < -0.3 is 18.7 Å². The maximum Gasteiger partial charge on any atom is 0.193 e. The molecule has 0 saturated carbocycles. The van der Waals surface area contributed by atoms with Crippen molar-refractivity contribution in [1.29, 1.82) is 0 Å². The van der Waals surface area contributed by atoms with Crippen molar-refractivity contribution in [1.82, 2.24) is 0 Å². The van der Waals surface area contributed by atoms with E-state index in [0.717, 1.165) is 17.6 Å². The molecule has 4 nitrogen and oxygen atoms in total. The molecule has 0 spiro atoms. The van der Waals surface area contributed by atoms with E-state index in [2.05, 4.69) is 33.9 Å². The van der Waals surface area contributed by atoms with Gasteiger partial charge in [0, 0.05) is 13.0 Å². The van der Waals surface area contributed by atoms with E-state index in [1.807, 2.05) is 24.3 Å². The number of ether oxygens (including phenoxy) is 2. The summed E-state index contributed by atoms with van der Waals surface area (Å²) in [6, 6.07) is 7.77. The van der Waals surface area contributed by atoms with Crippen LogP contribution in [0.5, 0.6) is 5.75 Å². The number of carbonyl (C=O) groups is 1. The minimum atomic E-state index is -1.92. The summed E-state index contributed by atoms with van der Waals surface area (Å²) in [5.41, 5.74) is 1.08. The summed E-state index contributed by atoms with van der Waals surface area (Å²) in [7, 11) is -0.278. The van der Waals surface area contributed by atoms with Crippen molar-refractivity contribution in [2.24, 2.45) is 0 Å². The van der Waals surface area contributed by atoms with E-state index in [4.69, 9.17) is 13.9 Å². The first-order chi connectivity index (χ1) is 10.7. The highest BCUT2D eigenvalue weighted by atomic mass is 28.4. The highest BCUT2D eigenvalue weighted by Gasteiger charge is 2.39. The lowest BCUT2D eigenvalue weighted by atomic mass is 10.2. The van der Waals surface area contributed by atoms with Gasteiger partial charge in [-0.1, -0.05) is 32.9 Å². The van der Waals surface area contributed by atoms with Crippen molar-refractivity contribution in [2.75, 3.05) is 13.7 Å². The van der Waals surface area contributed by atoms with Gasteiger partial charge in [0.15, 0.2) is 8.32 Å². The monoisotopic (exact) mass is 338 g/mol. The quantitative estimate of drug-likeness (QED) is 0.385. The molecule has 1 rings (SSSR count). The Labute approximate surface area is 141 Å². The maximum absolute atomic E-state index is 11.3. The molecule has 0 amide bonds. The van der Waals surface area contributed by atoms with Crippen LogP contribution in [-0.2, 0) is 20.6 Å². The van der Waals surface area contributed by atoms with Gasteiger partial charge in [-0.25, -0.2) is 0 Å². The molecule has 0 aromatic heterocycles. The Balaban J connectivity index is 2.38. The molecule has 5 heteroatoms. The van der Waals surface area contributed by atoms with E-state index in [-0.39, 0.29) is 11.1 Å². The lowest BCUT2D eigenvalue weighted by molar-refractivity contribution is -0.115.